The molecule has 2 amide bonds. The van der Waals surface area contributed by atoms with Gasteiger partial charge in [-0.2, -0.15) is 5.10 Å². The van der Waals surface area contributed by atoms with Crippen LogP contribution in [0.25, 0.3) is 5.65 Å². The number of aromatic nitrogens is 3. The Morgan fingerprint density at radius 1 is 1.20 bits per heavy atom. The van der Waals surface area contributed by atoms with Crippen molar-refractivity contribution < 1.29 is 23.5 Å². The number of carbonyl (C=O) groups excluding carboxylic acids is 3. The zero-order valence-corrected chi connectivity index (χ0v) is 23.1. The molecule has 4 aromatic rings. The average Bonchev–Trinajstić information content (AvgIpc) is 3.54. The molecule has 0 radical (unpaired) electrons. The van der Waals surface area contributed by atoms with Crippen LogP contribution in [0.5, 0.6) is 0 Å². The normalized spacial score (nSPS) is 13.8. The molecule has 208 valence electrons. The van der Waals surface area contributed by atoms with E-state index in [0.717, 1.165) is 23.0 Å². The van der Waals surface area contributed by atoms with Gasteiger partial charge in [0.15, 0.2) is 10.8 Å². The Kier molecular flexibility index (Phi) is 7.90. The van der Waals surface area contributed by atoms with Crippen molar-refractivity contribution in [3.63, 3.8) is 0 Å². The van der Waals surface area contributed by atoms with Crippen LogP contribution in [-0.2, 0) is 17.7 Å². The summed E-state index contributed by atoms with van der Waals surface area (Å²) in [6, 6.07) is 9.99. The first-order chi connectivity index (χ1) is 19.7. The monoisotopic (exact) mass is 593 g/mol. The number of ether oxygens (including phenoxy) is 1. The molecule has 0 spiro atoms. The Morgan fingerprint density at radius 2 is 2.00 bits per heavy atom. The minimum atomic E-state index is -0.564. The molecule has 1 aliphatic carbocycles. The smallest absolute Gasteiger partial charge is 0.343 e. The largest absolute Gasteiger partial charge is 0.422 e. The number of amides is 2. The van der Waals surface area contributed by atoms with Crippen LogP contribution < -0.4 is 10.6 Å². The number of benzene rings is 2. The van der Waals surface area contributed by atoms with Crippen LogP contribution >= 0.6 is 23.2 Å². The molecular weight excluding hydrogens is 572 g/mol. The van der Waals surface area contributed by atoms with Gasteiger partial charge in [-0.15, -0.1) is 0 Å². The van der Waals surface area contributed by atoms with Crippen molar-refractivity contribution in [2.45, 2.75) is 32.4 Å². The molecule has 1 atom stereocenters. The number of nitrogens with zero attached hydrogens (tertiary/aromatic N) is 3. The quantitative estimate of drug-likeness (QED) is 0.171. The Hall–Kier alpha value is -4.50. The molecule has 5 rings (SSSR count). The predicted molar refractivity (Wildman–Crippen MR) is 149 cm³/mol. The van der Waals surface area contributed by atoms with Gasteiger partial charge in [0.2, 0.25) is 0 Å². The van der Waals surface area contributed by atoms with Crippen molar-refractivity contribution in [1.29, 1.82) is 0 Å². The second kappa shape index (κ2) is 11.5. The number of esters is 1. The first-order valence-electron chi connectivity index (χ1n) is 12.4. The van der Waals surface area contributed by atoms with Crippen LogP contribution in [0, 0.1) is 12.7 Å². The van der Waals surface area contributed by atoms with Gasteiger partial charge < -0.3 is 15.4 Å². The number of hydrogen-bond acceptors (Lipinski definition) is 6. The first-order valence-corrected chi connectivity index (χ1v) is 13.2. The highest BCUT2D eigenvalue weighted by molar-refractivity contribution is 6.30. The standard InChI is InChI=1S/C29H22Cl2FN5O4/c1-3-10-41-29(40)18-5-6-19-17(15(18)2)7-9-22(19)35-28(39)24-12-23(34-26-13-25(31)36-37(24)26)27(38)33-14-16-4-8-21(32)20(30)11-16/h4-6,8,10-13,22H,1,7,9,14H2,2H3,(H,33,38)(H,35,39)/t22-/m0/s1. The van der Waals surface area contributed by atoms with Crippen LogP contribution in [0.1, 0.15) is 66.1 Å². The van der Waals surface area contributed by atoms with E-state index < -0.39 is 23.6 Å². The van der Waals surface area contributed by atoms with E-state index in [2.05, 4.69) is 33.0 Å². The van der Waals surface area contributed by atoms with E-state index in [1.54, 1.807) is 12.1 Å². The van der Waals surface area contributed by atoms with E-state index in [1.165, 1.54) is 34.8 Å². The minimum Gasteiger partial charge on any atom is -0.422 e. The number of halogens is 3. The summed E-state index contributed by atoms with van der Waals surface area (Å²) in [6.45, 7) is 5.27. The van der Waals surface area contributed by atoms with Gasteiger partial charge in [0, 0.05) is 18.7 Å². The van der Waals surface area contributed by atoms with E-state index in [1.807, 2.05) is 6.92 Å². The van der Waals surface area contributed by atoms with Gasteiger partial charge in [-0.1, -0.05) is 47.6 Å². The Labute approximate surface area is 243 Å². The van der Waals surface area contributed by atoms with Gasteiger partial charge in [0.1, 0.15) is 23.5 Å². The summed E-state index contributed by atoms with van der Waals surface area (Å²) >= 11 is 11.9. The van der Waals surface area contributed by atoms with Crippen molar-refractivity contribution >= 4 is 46.6 Å². The number of hydrogen-bond donors (Lipinski definition) is 2. The average molecular weight is 594 g/mol. The highest BCUT2D eigenvalue weighted by Gasteiger charge is 2.29. The number of nitrogens with one attached hydrogen (secondary N) is 2. The molecule has 2 aromatic carbocycles. The lowest BCUT2D eigenvalue weighted by atomic mass is 9.98. The molecule has 9 nitrogen and oxygen atoms in total. The van der Waals surface area contributed by atoms with Crippen molar-refractivity contribution in [2.24, 2.45) is 0 Å². The molecule has 0 unspecified atom stereocenters. The summed E-state index contributed by atoms with van der Waals surface area (Å²) in [6.07, 6.45) is 2.35. The fourth-order valence-electron chi connectivity index (χ4n) is 4.79. The maximum absolute atomic E-state index is 13.5. The summed E-state index contributed by atoms with van der Waals surface area (Å²) in [5.41, 5.74) is 6.23. The molecule has 41 heavy (non-hydrogen) atoms. The second-order valence-electron chi connectivity index (χ2n) is 9.29. The third-order valence-electron chi connectivity index (χ3n) is 6.77. The zero-order valence-electron chi connectivity index (χ0n) is 21.6. The van der Waals surface area contributed by atoms with Crippen LogP contribution in [-0.4, -0.2) is 32.4 Å². The van der Waals surface area contributed by atoms with Crippen molar-refractivity contribution in [2.75, 3.05) is 0 Å². The third-order valence-corrected chi connectivity index (χ3v) is 7.24. The molecule has 12 heteroatoms. The van der Waals surface area contributed by atoms with Crippen molar-refractivity contribution in [3.8, 4) is 0 Å². The third kappa shape index (κ3) is 5.71. The molecule has 0 bridgehead atoms. The van der Waals surface area contributed by atoms with Gasteiger partial charge in [0.25, 0.3) is 11.8 Å². The highest BCUT2D eigenvalue weighted by Crippen LogP contribution is 2.35. The number of fused-ring (bicyclic) bond motifs is 2. The Balaban J connectivity index is 1.38. The minimum absolute atomic E-state index is 0.0354. The van der Waals surface area contributed by atoms with E-state index in [4.69, 9.17) is 27.9 Å². The van der Waals surface area contributed by atoms with Crippen LogP contribution in [0.4, 0.5) is 4.39 Å². The van der Waals surface area contributed by atoms with Gasteiger partial charge in [-0.05, 0) is 60.2 Å². The van der Waals surface area contributed by atoms with E-state index in [9.17, 15) is 18.8 Å². The van der Waals surface area contributed by atoms with Gasteiger partial charge >= 0.3 is 5.97 Å². The second-order valence-corrected chi connectivity index (χ2v) is 10.1. The Bertz CT molecular complexity index is 1780. The number of carbonyl (C=O) groups is 3. The van der Waals surface area contributed by atoms with E-state index in [0.29, 0.717) is 24.0 Å². The lowest BCUT2D eigenvalue weighted by molar-refractivity contribution is 0.0662. The lowest BCUT2D eigenvalue weighted by Gasteiger charge is -2.16. The molecule has 0 aliphatic heterocycles. The Morgan fingerprint density at radius 3 is 2.76 bits per heavy atom. The summed E-state index contributed by atoms with van der Waals surface area (Å²) in [4.78, 5) is 43.2. The summed E-state index contributed by atoms with van der Waals surface area (Å²) in [5.74, 6) is -2.14. The topological polar surface area (TPSA) is 115 Å². The summed E-state index contributed by atoms with van der Waals surface area (Å²) < 4.78 is 19.7. The molecule has 0 saturated carbocycles. The maximum Gasteiger partial charge on any atom is 0.343 e. The molecular formula is C29H22Cl2FN5O4. The molecule has 2 N–H and O–H groups in total. The van der Waals surface area contributed by atoms with Crippen molar-refractivity contribution in [3.05, 3.63) is 116 Å². The van der Waals surface area contributed by atoms with Crippen LogP contribution in [0.3, 0.4) is 0 Å². The van der Waals surface area contributed by atoms with Crippen LogP contribution in [0.2, 0.25) is 10.2 Å². The van der Waals surface area contributed by atoms with E-state index >= 15 is 0 Å². The molecule has 0 fully saturated rings. The highest BCUT2D eigenvalue weighted by atomic mass is 35.5. The maximum atomic E-state index is 13.5. The lowest BCUT2D eigenvalue weighted by Crippen LogP contribution is -2.30. The van der Waals surface area contributed by atoms with Crippen molar-refractivity contribution in [1.82, 2.24) is 25.2 Å². The zero-order chi connectivity index (χ0) is 29.3. The predicted octanol–water partition coefficient (Wildman–Crippen LogP) is 5.29. The van der Waals surface area contributed by atoms with E-state index in [-0.39, 0.29) is 39.8 Å². The van der Waals surface area contributed by atoms with Gasteiger partial charge in [-0.3, -0.25) is 9.59 Å². The fraction of sp³-hybridized carbons (Fsp3) is 0.172. The summed E-state index contributed by atoms with van der Waals surface area (Å²) in [5, 5.41) is 9.88. The van der Waals surface area contributed by atoms with Gasteiger partial charge in [0.05, 0.1) is 16.6 Å². The first kappa shape index (κ1) is 28.0. The molecule has 0 saturated heterocycles. The van der Waals surface area contributed by atoms with Crippen LogP contribution in [0.15, 0.2) is 61.0 Å². The molecule has 2 aromatic heterocycles. The van der Waals surface area contributed by atoms with Gasteiger partial charge in [-0.25, -0.2) is 18.7 Å². The fourth-order valence-corrected chi connectivity index (χ4v) is 5.17. The summed E-state index contributed by atoms with van der Waals surface area (Å²) in [7, 11) is 0. The number of rotatable bonds is 7. The molecule has 1 aliphatic rings. The molecule has 2 heterocycles. The SMILES string of the molecule is C=C=COC(=O)c1ccc2c(c1C)CC[C@@H]2NC(=O)c1cc(C(=O)NCc2ccc(F)c(Cl)c2)nc2cc(Cl)nn12.